The second-order valence-electron chi connectivity index (χ2n) is 2.37. The Bertz CT molecular complexity index is 102. The lowest BCUT2D eigenvalue weighted by Crippen LogP contribution is -2.24. The minimum absolute atomic E-state index is 0.230. The quantitative estimate of drug-likeness (QED) is 0.607. The third kappa shape index (κ3) is 4.68. The number of hydrogen-bond acceptors (Lipinski definition) is 1. The zero-order chi connectivity index (χ0) is 7.98. The van der Waals surface area contributed by atoms with Crippen molar-refractivity contribution in [3.63, 3.8) is 0 Å². The van der Waals surface area contributed by atoms with Gasteiger partial charge in [-0.25, -0.2) is 0 Å². The molecule has 0 bridgehead atoms. The number of thiol groups is 1. The Hall–Kier alpha value is -0.180. The molecule has 0 aromatic rings. The Balaban J connectivity index is 3.34. The van der Waals surface area contributed by atoms with Crippen LogP contribution in [-0.4, -0.2) is 11.8 Å². The van der Waals surface area contributed by atoms with Gasteiger partial charge in [0.05, 0.1) is 0 Å². The van der Waals surface area contributed by atoms with E-state index in [1.165, 1.54) is 0 Å². The van der Waals surface area contributed by atoms with Crippen molar-refractivity contribution in [3.8, 4) is 0 Å². The van der Waals surface area contributed by atoms with Gasteiger partial charge in [-0.05, 0) is 5.92 Å². The monoisotopic (exact) mass is 161 g/mol. The molecule has 10 heavy (non-hydrogen) atoms. The SMILES string of the molecule is CCC(CC)CNC(=O)S. The number of rotatable bonds is 4. The predicted octanol–water partition coefficient (Wildman–Crippen LogP) is 2.06. The smallest absolute Gasteiger partial charge is 0.275 e. The summed E-state index contributed by atoms with van der Waals surface area (Å²) in [5, 5.41) is 2.44. The third-order valence-electron chi connectivity index (χ3n) is 1.70. The molecule has 0 aliphatic rings. The molecule has 0 heterocycles. The molecule has 0 rings (SSSR count). The summed E-state index contributed by atoms with van der Waals surface area (Å²) in [5.41, 5.74) is 0. The standard InChI is InChI=1S/C7H15NOS/c1-3-6(4-2)5-8-7(9)10/h6H,3-5H2,1-2H3,(H2,8,9,10). The molecule has 0 spiro atoms. The van der Waals surface area contributed by atoms with Crippen LogP contribution >= 0.6 is 12.6 Å². The highest BCUT2D eigenvalue weighted by Crippen LogP contribution is 2.04. The molecule has 0 aliphatic carbocycles. The Morgan fingerprint density at radius 1 is 1.50 bits per heavy atom. The van der Waals surface area contributed by atoms with Crippen LogP contribution in [0.3, 0.4) is 0 Å². The van der Waals surface area contributed by atoms with Crippen LogP contribution in [0.25, 0.3) is 0 Å². The average molecular weight is 161 g/mol. The molecule has 0 aromatic heterocycles. The zero-order valence-electron chi connectivity index (χ0n) is 6.55. The van der Waals surface area contributed by atoms with Crippen LogP contribution in [0.1, 0.15) is 26.7 Å². The van der Waals surface area contributed by atoms with Gasteiger partial charge in [-0.15, -0.1) is 0 Å². The molecule has 2 nitrogen and oxygen atoms in total. The first-order valence-electron chi connectivity index (χ1n) is 3.67. The molecule has 0 fully saturated rings. The lowest BCUT2D eigenvalue weighted by atomic mass is 10.0. The molecule has 0 aromatic carbocycles. The fraction of sp³-hybridized carbons (Fsp3) is 0.857. The van der Waals surface area contributed by atoms with Crippen molar-refractivity contribution in [2.24, 2.45) is 5.92 Å². The Kier molecular flexibility index (Phi) is 5.49. The molecule has 0 aliphatic heterocycles. The summed E-state index contributed by atoms with van der Waals surface area (Å²) in [6.07, 6.45) is 2.23. The van der Waals surface area contributed by atoms with Gasteiger partial charge in [-0.2, -0.15) is 0 Å². The summed E-state index contributed by atoms with van der Waals surface area (Å²) in [4.78, 5) is 10.3. The van der Waals surface area contributed by atoms with E-state index in [0.717, 1.165) is 19.4 Å². The molecule has 60 valence electrons. The predicted molar refractivity (Wildman–Crippen MR) is 46.5 cm³/mol. The molecular formula is C7H15NOS. The Morgan fingerprint density at radius 3 is 2.30 bits per heavy atom. The van der Waals surface area contributed by atoms with Crippen LogP contribution in [-0.2, 0) is 0 Å². The molecule has 0 radical (unpaired) electrons. The van der Waals surface area contributed by atoms with Crippen LogP contribution in [0.15, 0.2) is 0 Å². The van der Waals surface area contributed by atoms with E-state index < -0.39 is 0 Å². The second-order valence-corrected chi connectivity index (χ2v) is 2.77. The molecule has 3 heteroatoms. The van der Waals surface area contributed by atoms with Crippen molar-refractivity contribution in [2.75, 3.05) is 6.54 Å². The average Bonchev–Trinajstić information content (AvgIpc) is 1.90. The fourth-order valence-electron chi connectivity index (χ4n) is 0.809. The third-order valence-corrected chi connectivity index (χ3v) is 1.85. The maximum Gasteiger partial charge on any atom is 0.275 e. The first kappa shape index (κ1) is 9.82. The van der Waals surface area contributed by atoms with E-state index >= 15 is 0 Å². The molecule has 0 saturated heterocycles. The molecule has 1 N–H and O–H groups in total. The van der Waals surface area contributed by atoms with Crippen molar-refractivity contribution in [1.82, 2.24) is 5.32 Å². The molecule has 1 amide bonds. The minimum atomic E-state index is -0.230. The van der Waals surface area contributed by atoms with Gasteiger partial charge in [0.2, 0.25) is 0 Å². The normalized spacial score (nSPS) is 10.0. The van der Waals surface area contributed by atoms with Crippen LogP contribution < -0.4 is 5.32 Å². The van der Waals surface area contributed by atoms with Gasteiger partial charge >= 0.3 is 0 Å². The number of nitrogens with one attached hydrogen (secondary N) is 1. The van der Waals surface area contributed by atoms with Gasteiger partial charge in [0.25, 0.3) is 5.24 Å². The maximum atomic E-state index is 10.3. The van der Waals surface area contributed by atoms with E-state index in [1.54, 1.807) is 0 Å². The molecule has 0 atom stereocenters. The van der Waals surface area contributed by atoms with Crippen LogP contribution in [0.4, 0.5) is 4.79 Å². The van der Waals surface area contributed by atoms with E-state index in [9.17, 15) is 4.79 Å². The first-order chi connectivity index (χ1) is 4.70. The van der Waals surface area contributed by atoms with E-state index in [-0.39, 0.29) is 5.24 Å². The lowest BCUT2D eigenvalue weighted by molar-refractivity contribution is 0.259. The number of carbonyl (C=O) groups excluding carboxylic acids is 1. The summed E-state index contributed by atoms with van der Waals surface area (Å²) in [6.45, 7) is 5.01. The van der Waals surface area contributed by atoms with Crippen molar-refractivity contribution in [3.05, 3.63) is 0 Å². The minimum Gasteiger partial charge on any atom is -0.347 e. The van der Waals surface area contributed by atoms with Crippen LogP contribution in [0, 0.1) is 5.92 Å². The van der Waals surface area contributed by atoms with Crippen molar-refractivity contribution in [2.45, 2.75) is 26.7 Å². The molecule has 0 unspecified atom stereocenters. The molecule has 0 saturated carbocycles. The largest absolute Gasteiger partial charge is 0.347 e. The maximum absolute atomic E-state index is 10.3. The van der Waals surface area contributed by atoms with Crippen LogP contribution in [0.2, 0.25) is 0 Å². The van der Waals surface area contributed by atoms with Gasteiger partial charge in [-0.3, -0.25) is 4.79 Å². The van der Waals surface area contributed by atoms with Gasteiger partial charge in [0.1, 0.15) is 0 Å². The highest BCUT2D eigenvalue weighted by atomic mass is 32.1. The Labute approximate surface area is 67.8 Å². The lowest BCUT2D eigenvalue weighted by Gasteiger charge is -2.10. The zero-order valence-corrected chi connectivity index (χ0v) is 7.45. The van der Waals surface area contributed by atoms with Gasteiger partial charge in [-0.1, -0.05) is 39.3 Å². The number of hydrogen-bond donors (Lipinski definition) is 2. The first-order valence-corrected chi connectivity index (χ1v) is 4.12. The summed E-state index contributed by atoms with van der Waals surface area (Å²) in [6, 6.07) is 0. The highest BCUT2D eigenvalue weighted by molar-refractivity contribution is 7.96. The van der Waals surface area contributed by atoms with E-state index in [0.29, 0.717) is 5.92 Å². The number of carbonyl (C=O) groups is 1. The van der Waals surface area contributed by atoms with Crippen LogP contribution in [0.5, 0.6) is 0 Å². The van der Waals surface area contributed by atoms with Gasteiger partial charge in [0.15, 0.2) is 0 Å². The van der Waals surface area contributed by atoms with Crippen molar-refractivity contribution in [1.29, 1.82) is 0 Å². The summed E-state index contributed by atoms with van der Waals surface area (Å²) < 4.78 is 0. The highest BCUT2D eigenvalue weighted by Gasteiger charge is 2.02. The summed E-state index contributed by atoms with van der Waals surface area (Å²) >= 11 is 3.60. The van der Waals surface area contributed by atoms with E-state index in [1.807, 2.05) is 0 Å². The summed E-state index contributed by atoms with van der Waals surface area (Å²) in [7, 11) is 0. The van der Waals surface area contributed by atoms with Gasteiger partial charge < -0.3 is 5.32 Å². The summed E-state index contributed by atoms with van der Waals surface area (Å²) in [5.74, 6) is 0.607. The molecular weight excluding hydrogens is 146 g/mol. The van der Waals surface area contributed by atoms with Gasteiger partial charge in [0, 0.05) is 6.54 Å². The topological polar surface area (TPSA) is 29.1 Å². The van der Waals surface area contributed by atoms with Crippen molar-refractivity contribution < 1.29 is 4.79 Å². The second kappa shape index (κ2) is 5.59. The van der Waals surface area contributed by atoms with E-state index in [4.69, 9.17) is 0 Å². The fourth-order valence-corrected chi connectivity index (χ4v) is 0.900. The van der Waals surface area contributed by atoms with E-state index in [2.05, 4.69) is 31.8 Å². The Morgan fingerprint density at radius 2 is 2.00 bits per heavy atom. The van der Waals surface area contributed by atoms with Crippen molar-refractivity contribution >= 4 is 17.9 Å². The number of amides is 1.